The molecule has 338 valence electrons. The van der Waals surface area contributed by atoms with Crippen molar-refractivity contribution in [3.05, 3.63) is 78.6 Å². The van der Waals surface area contributed by atoms with E-state index in [0.717, 1.165) is 76.2 Å². The number of pyridine rings is 1. The van der Waals surface area contributed by atoms with Gasteiger partial charge in [0.2, 0.25) is 11.8 Å². The topological polar surface area (TPSA) is 217 Å². The highest BCUT2D eigenvalue weighted by atomic mass is 16.5. The van der Waals surface area contributed by atoms with Crippen molar-refractivity contribution in [1.82, 2.24) is 45.4 Å². The summed E-state index contributed by atoms with van der Waals surface area (Å²) in [4.78, 5) is 77.8. The number of carbonyl (C=O) groups excluding carboxylic acids is 3. The Morgan fingerprint density at radius 1 is 0.692 bits per heavy atom. The Bertz CT molecular complexity index is 2620. The number of imidazole rings is 2. The van der Waals surface area contributed by atoms with Crippen molar-refractivity contribution >= 4 is 34.9 Å². The van der Waals surface area contributed by atoms with Gasteiger partial charge < -0.3 is 49.7 Å². The van der Waals surface area contributed by atoms with E-state index in [9.17, 15) is 24.3 Å². The maximum absolute atomic E-state index is 14.2. The third-order valence-electron chi connectivity index (χ3n) is 14.8. The molecule has 0 bridgehead atoms. The number of hydrogen-bond acceptors (Lipinski definition) is 10. The van der Waals surface area contributed by atoms with Gasteiger partial charge in [-0.1, -0.05) is 36.4 Å². The molecule has 8 atom stereocenters. The first-order chi connectivity index (χ1) is 31.7. The number of rotatable bonds is 11. The number of nitrogens with zero attached hydrogens (tertiary/aromatic N) is 5. The molecule has 7 heterocycles. The Labute approximate surface area is 375 Å². The van der Waals surface area contributed by atoms with Gasteiger partial charge >= 0.3 is 12.2 Å². The summed E-state index contributed by atoms with van der Waals surface area (Å²) >= 11 is 0. The summed E-state index contributed by atoms with van der Waals surface area (Å²) in [6, 6.07) is 16.8. The summed E-state index contributed by atoms with van der Waals surface area (Å²) in [7, 11) is 1.32. The molecule has 4 aliphatic heterocycles. The van der Waals surface area contributed by atoms with Crippen molar-refractivity contribution in [1.29, 1.82) is 0 Å². The zero-order chi connectivity index (χ0) is 44.3. The zero-order valence-electron chi connectivity index (χ0n) is 36.2. The molecule has 65 heavy (non-hydrogen) atoms. The fourth-order valence-corrected chi connectivity index (χ4v) is 11.1. The SMILES string of the molecule is COC(=O)NC(C(=O)N1[C@@H]2C[C@@H]2C[C@H]1c1ncc(-c2ccc(-c3ccc4nc(-c5cnc([C@@H]6C[C@H]7C[C@H]7N6C(=O)C(NC(=O)O)C6CCOCC6)[nH]5)ccc4c3)cc2)[nH]1)C1CCOCC1. The molecule has 2 aliphatic carbocycles. The highest BCUT2D eigenvalue weighted by molar-refractivity contribution is 5.89. The van der Waals surface area contributed by atoms with E-state index in [2.05, 4.69) is 63.1 Å². The summed E-state index contributed by atoms with van der Waals surface area (Å²) < 4.78 is 16.0. The van der Waals surface area contributed by atoms with Crippen molar-refractivity contribution in [2.75, 3.05) is 33.5 Å². The molecule has 0 spiro atoms. The quantitative estimate of drug-likeness (QED) is 0.100. The molecule has 17 nitrogen and oxygen atoms in total. The Kier molecular flexibility index (Phi) is 10.8. The van der Waals surface area contributed by atoms with Gasteiger partial charge in [0.1, 0.15) is 23.7 Å². The van der Waals surface area contributed by atoms with Crippen molar-refractivity contribution in [2.45, 2.75) is 87.6 Å². The Morgan fingerprint density at radius 2 is 1.23 bits per heavy atom. The highest BCUT2D eigenvalue weighted by Crippen LogP contribution is 2.55. The first-order valence-electron chi connectivity index (χ1n) is 23.0. The van der Waals surface area contributed by atoms with Crippen molar-refractivity contribution in [3.8, 4) is 33.8 Å². The average Bonchev–Trinajstić information content (AvgIpc) is 3.92. The number of likely N-dealkylation sites (tertiary alicyclic amines) is 2. The number of carboxylic acid groups (broad SMARTS) is 1. The smallest absolute Gasteiger partial charge is 0.407 e. The number of carbonyl (C=O) groups is 4. The molecule has 2 aromatic carbocycles. The lowest BCUT2D eigenvalue weighted by Gasteiger charge is -2.35. The van der Waals surface area contributed by atoms with Gasteiger partial charge in [0.15, 0.2) is 0 Å². The maximum Gasteiger partial charge on any atom is 0.407 e. The van der Waals surface area contributed by atoms with E-state index in [1.54, 1.807) is 6.20 Å². The molecule has 5 aromatic rings. The van der Waals surface area contributed by atoms with Gasteiger partial charge in [-0.05, 0) is 110 Å². The number of ether oxygens (including phenoxy) is 3. The van der Waals surface area contributed by atoms with Crippen molar-refractivity contribution in [2.24, 2.45) is 23.7 Å². The number of hydrogen-bond donors (Lipinski definition) is 5. The highest BCUT2D eigenvalue weighted by Gasteiger charge is 2.58. The van der Waals surface area contributed by atoms with E-state index in [1.807, 2.05) is 28.1 Å². The number of H-pyrrole nitrogens is 2. The third-order valence-corrected chi connectivity index (χ3v) is 14.8. The zero-order valence-corrected chi connectivity index (χ0v) is 36.2. The Balaban J connectivity index is 0.768. The van der Waals surface area contributed by atoms with Gasteiger partial charge in [-0.25, -0.2) is 24.5 Å². The lowest BCUT2D eigenvalue weighted by molar-refractivity contribution is -0.138. The molecule has 6 aliphatic rings. The summed E-state index contributed by atoms with van der Waals surface area (Å²) in [6.07, 6.45) is 7.96. The lowest BCUT2D eigenvalue weighted by atomic mass is 9.90. The number of aromatic nitrogens is 5. The van der Waals surface area contributed by atoms with Crippen LogP contribution in [-0.2, 0) is 23.8 Å². The molecule has 4 saturated heterocycles. The lowest BCUT2D eigenvalue weighted by Crippen LogP contribution is -2.54. The van der Waals surface area contributed by atoms with E-state index in [4.69, 9.17) is 29.2 Å². The van der Waals surface area contributed by atoms with Gasteiger partial charge in [-0.15, -0.1) is 0 Å². The maximum atomic E-state index is 14.2. The Morgan fingerprint density at radius 3 is 1.82 bits per heavy atom. The normalized spacial score (nSPS) is 26.0. The molecular formula is C48H53N9O8. The number of benzene rings is 2. The third kappa shape index (κ3) is 7.98. The standard InChI is InChI=1S/C48H53N9O8/c1-63-48(62)55-42(28-12-16-65-17-13-28)46(59)57-38-20-31(38)21-39(57)43-49-23-35(52-43)26-4-2-25(3-5-26)29-6-8-33-30(18-29)7-9-34(51-33)36-24-50-44(53-36)40-22-32-19-37(32)56(40)45(58)41(54-47(60)61)27-10-14-64-15-11-27/h2-9,18,23-24,27-28,31-32,37-42,54H,10-17,19-22H2,1H3,(H,49,52)(H,50,53)(H,55,62)(H,60,61)/t31-,32-,37-,38-,39+,40+,41?,42?/m1/s1. The molecule has 4 amide bonds. The van der Waals surface area contributed by atoms with Crippen LogP contribution in [0.5, 0.6) is 0 Å². The molecule has 2 saturated carbocycles. The summed E-state index contributed by atoms with van der Waals surface area (Å²) in [5.74, 6) is 1.85. The molecule has 6 fully saturated rings. The van der Waals surface area contributed by atoms with Crippen LogP contribution in [0.3, 0.4) is 0 Å². The molecule has 5 N–H and O–H groups in total. The second-order valence-corrected chi connectivity index (χ2v) is 18.6. The van der Waals surface area contributed by atoms with E-state index >= 15 is 0 Å². The minimum Gasteiger partial charge on any atom is -0.465 e. The van der Waals surface area contributed by atoms with Crippen LogP contribution >= 0.6 is 0 Å². The first kappa shape index (κ1) is 41.4. The van der Waals surface area contributed by atoms with Crippen LogP contribution in [0, 0.1) is 23.7 Å². The van der Waals surface area contributed by atoms with Crippen LogP contribution in [0.15, 0.2) is 67.0 Å². The first-order valence-corrected chi connectivity index (χ1v) is 23.0. The van der Waals surface area contributed by atoms with E-state index < -0.39 is 24.3 Å². The minimum atomic E-state index is -1.20. The predicted octanol–water partition coefficient (Wildman–Crippen LogP) is 6.22. The number of piperidine rings is 2. The van der Waals surface area contributed by atoms with Crippen molar-refractivity contribution < 1.29 is 38.5 Å². The number of aromatic amines is 2. The number of alkyl carbamates (subject to hydrolysis) is 1. The van der Waals surface area contributed by atoms with E-state index in [1.165, 1.54) is 7.11 Å². The second kappa shape index (κ2) is 16.9. The van der Waals surface area contributed by atoms with Crippen LogP contribution in [0.4, 0.5) is 9.59 Å². The van der Waals surface area contributed by atoms with Crippen molar-refractivity contribution in [3.63, 3.8) is 0 Å². The summed E-state index contributed by atoms with van der Waals surface area (Å²) in [5, 5.41) is 16.0. The van der Waals surface area contributed by atoms with Crippen LogP contribution in [-0.4, -0.2) is 122 Å². The summed E-state index contributed by atoms with van der Waals surface area (Å²) in [5.41, 5.74) is 6.26. The number of methoxy groups -OCH3 is 1. The summed E-state index contributed by atoms with van der Waals surface area (Å²) in [6.45, 7) is 2.15. The largest absolute Gasteiger partial charge is 0.465 e. The molecule has 3 aromatic heterocycles. The minimum absolute atomic E-state index is 0.0270. The number of nitrogens with one attached hydrogen (secondary N) is 4. The molecule has 0 radical (unpaired) electrons. The van der Waals surface area contributed by atoms with Gasteiger partial charge in [0, 0.05) is 43.9 Å². The van der Waals surface area contributed by atoms with Gasteiger partial charge in [0.05, 0.1) is 54.2 Å². The van der Waals surface area contributed by atoms with E-state index in [-0.39, 0.29) is 47.8 Å². The predicted molar refractivity (Wildman–Crippen MR) is 236 cm³/mol. The fourth-order valence-electron chi connectivity index (χ4n) is 11.1. The monoisotopic (exact) mass is 883 g/mol. The molecule has 11 rings (SSSR count). The molecular weight excluding hydrogens is 831 g/mol. The van der Waals surface area contributed by atoms with Crippen LogP contribution in [0.25, 0.3) is 44.7 Å². The van der Waals surface area contributed by atoms with Crippen LogP contribution in [0.1, 0.15) is 75.1 Å². The second-order valence-electron chi connectivity index (χ2n) is 18.6. The van der Waals surface area contributed by atoms with Crippen LogP contribution in [0.2, 0.25) is 0 Å². The molecule has 2 unspecified atom stereocenters. The average molecular weight is 884 g/mol. The Hall–Kier alpha value is -6.33. The van der Waals surface area contributed by atoms with Gasteiger partial charge in [-0.3, -0.25) is 9.59 Å². The van der Waals surface area contributed by atoms with Crippen LogP contribution < -0.4 is 10.6 Å². The fraction of sp³-hybridized carbons (Fsp3) is 0.479. The molecule has 17 heteroatoms. The van der Waals surface area contributed by atoms with Gasteiger partial charge in [0.25, 0.3) is 0 Å². The van der Waals surface area contributed by atoms with Gasteiger partial charge in [-0.2, -0.15) is 0 Å². The number of fused-ring (bicyclic) bond motifs is 3. The van der Waals surface area contributed by atoms with E-state index in [0.29, 0.717) is 69.8 Å². The number of amides is 4.